The van der Waals surface area contributed by atoms with Gasteiger partial charge >= 0.3 is 0 Å². The molecule has 0 aromatic carbocycles. The van der Waals surface area contributed by atoms with E-state index in [1.165, 1.54) is 32.1 Å². The van der Waals surface area contributed by atoms with Gasteiger partial charge in [-0.05, 0) is 25.7 Å². The maximum absolute atomic E-state index is 6.04. The molecular formula is C13H24N4. The first-order chi connectivity index (χ1) is 8.11. The van der Waals surface area contributed by atoms with Crippen LogP contribution >= 0.6 is 0 Å². The van der Waals surface area contributed by atoms with Crippen LogP contribution in [0.2, 0.25) is 0 Å². The Balaban J connectivity index is 2.05. The van der Waals surface area contributed by atoms with Gasteiger partial charge in [0.1, 0.15) is 5.82 Å². The van der Waals surface area contributed by atoms with Crippen LogP contribution in [-0.2, 0) is 7.05 Å². The Bertz CT molecular complexity index is 383. The first-order valence-electron chi connectivity index (χ1n) is 6.67. The van der Waals surface area contributed by atoms with Crippen LogP contribution in [0.3, 0.4) is 0 Å². The van der Waals surface area contributed by atoms with Crippen LogP contribution in [-0.4, -0.2) is 15.8 Å². The number of nitrogens with one attached hydrogen (secondary N) is 1. The highest BCUT2D eigenvalue weighted by molar-refractivity contribution is 5.64. The Morgan fingerprint density at radius 2 is 2.24 bits per heavy atom. The van der Waals surface area contributed by atoms with Crippen LogP contribution in [0.5, 0.6) is 0 Å². The molecule has 0 aliphatic heterocycles. The Hall–Kier alpha value is -1.19. The lowest BCUT2D eigenvalue weighted by Gasteiger charge is -2.29. The third-order valence-electron chi connectivity index (χ3n) is 3.97. The topological polar surface area (TPSA) is 55.9 Å². The summed E-state index contributed by atoms with van der Waals surface area (Å²) >= 11 is 0. The highest BCUT2D eigenvalue weighted by Gasteiger charge is 2.22. The number of rotatable bonds is 3. The summed E-state index contributed by atoms with van der Waals surface area (Å²) in [4.78, 5) is 0. The summed E-state index contributed by atoms with van der Waals surface area (Å²) in [5, 5.41) is 7.92. The van der Waals surface area contributed by atoms with E-state index >= 15 is 0 Å². The van der Waals surface area contributed by atoms with Gasteiger partial charge in [-0.25, -0.2) is 0 Å². The lowest BCUT2D eigenvalue weighted by molar-refractivity contribution is 0.326. The third kappa shape index (κ3) is 2.56. The molecule has 0 saturated heterocycles. The van der Waals surface area contributed by atoms with Crippen LogP contribution < -0.4 is 11.1 Å². The van der Waals surface area contributed by atoms with Gasteiger partial charge in [-0.1, -0.05) is 26.2 Å². The minimum Gasteiger partial charge on any atom is -0.394 e. The van der Waals surface area contributed by atoms with Gasteiger partial charge in [0.25, 0.3) is 0 Å². The highest BCUT2D eigenvalue weighted by Crippen LogP contribution is 2.30. The predicted octanol–water partition coefficient (Wildman–Crippen LogP) is 2.69. The molecular weight excluding hydrogens is 212 g/mol. The molecule has 1 fully saturated rings. The number of nitrogens with zero attached hydrogens (tertiary/aromatic N) is 2. The predicted molar refractivity (Wildman–Crippen MR) is 72.0 cm³/mol. The Labute approximate surface area is 104 Å². The Kier molecular flexibility index (Phi) is 3.60. The molecule has 1 aromatic heterocycles. The van der Waals surface area contributed by atoms with Crippen LogP contribution in [0.15, 0.2) is 0 Å². The molecule has 0 amide bonds. The molecule has 1 aliphatic rings. The first-order valence-corrected chi connectivity index (χ1v) is 6.67. The minimum absolute atomic E-state index is 0.561. The molecule has 1 aliphatic carbocycles. The van der Waals surface area contributed by atoms with Gasteiger partial charge in [0, 0.05) is 13.1 Å². The largest absolute Gasteiger partial charge is 0.394 e. The number of aromatic nitrogens is 2. The molecule has 0 radical (unpaired) electrons. The van der Waals surface area contributed by atoms with E-state index in [-0.39, 0.29) is 0 Å². The van der Waals surface area contributed by atoms with Crippen molar-refractivity contribution in [1.82, 2.24) is 9.78 Å². The average molecular weight is 236 g/mol. The van der Waals surface area contributed by atoms with E-state index in [1.807, 2.05) is 18.7 Å². The maximum atomic E-state index is 6.04. The number of nitrogen functional groups attached to an aromatic ring is 1. The summed E-state index contributed by atoms with van der Waals surface area (Å²) in [7, 11) is 1.95. The summed E-state index contributed by atoms with van der Waals surface area (Å²) in [6.07, 6.45) is 6.51. The van der Waals surface area contributed by atoms with Crippen LogP contribution in [0.1, 0.15) is 44.7 Å². The third-order valence-corrected chi connectivity index (χ3v) is 3.97. The van der Waals surface area contributed by atoms with Gasteiger partial charge in [0.15, 0.2) is 0 Å². The molecule has 2 unspecified atom stereocenters. The standard InChI is InChI=1S/C13H24N4/c1-4-10-6-5-7-11(8-10)15-13-12(14)9(2)16-17(13)3/h10-11,15H,4-8,14H2,1-3H3. The second kappa shape index (κ2) is 4.98. The van der Waals surface area contributed by atoms with Crippen LogP contribution in [0, 0.1) is 12.8 Å². The van der Waals surface area contributed by atoms with Gasteiger partial charge < -0.3 is 11.1 Å². The second-order valence-electron chi connectivity index (χ2n) is 5.25. The zero-order valence-corrected chi connectivity index (χ0v) is 11.2. The van der Waals surface area contributed by atoms with Gasteiger partial charge in [-0.3, -0.25) is 4.68 Å². The number of aryl methyl sites for hydroxylation is 2. The van der Waals surface area contributed by atoms with Crippen molar-refractivity contribution < 1.29 is 0 Å². The molecule has 2 atom stereocenters. The molecule has 4 heteroatoms. The van der Waals surface area contributed by atoms with E-state index in [4.69, 9.17) is 5.73 Å². The van der Waals surface area contributed by atoms with Crippen molar-refractivity contribution in [2.24, 2.45) is 13.0 Å². The molecule has 96 valence electrons. The van der Waals surface area contributed by atoms with E-state index in [1.54, 1.807) is 0 Å². The molecule has 0 spiro atoms. The second-order valence-corrected chi connectivity index (χ2v) is 5.25. The quantitative estimate of drug-likeness (QED) is 0.848. The summed E-state index contributed by atoms with van der Waals surface area (Å²) in [6, 6.07) is 0.561. The van der Waals surface area contributed by atoms with Crippen molar-refractivity contribution in [2.45, 2.75) is 52.0 Å². The molecule has 17 heavy (non-hydrogen) atoms. The highest BCUT2D eigenvalue weighted by atomic mass is 15.3. The normalized spacial score (nSPS) is 24.9. The summed E-state index contributed by atoms with van der Waals surface area (Å²) in [6.45, 7) is 4.24. The summed E-state index contributed by atoms with van der Waals surface area (Å²) in [5.41, 5.74) is 7.75. The summed E-state index contributed by atoms with van der Waals surface area (Å²) in [5.74, 6) is 1.86. The van der Waals surface area contributed by atoms with Crippen molar-refractivity contribution in [3.63, 3.8) is 0 Å². The van der Waals surface area contributed by atoms with E-state index in [9.17, 15) is 0 Å². The molecule has 1 saturated carbocycles. The zero-order valence-electron chi connectivity index (χ0n) is 11.2. The number of anilines is 2. The van der Waals surface area contributed by atoms with Gasteiger partial charge in [-0.15, -0.1) is 0 Å². The Morgan fingerprint density at radius 1 is 1.47 bits per heavy atom. The molecule has 0 bridgehead atoms. The van der Waals surface area contributed by atoms with Crippen LogP contribution in [0.4, 0.5) is 11.5 Å². The van der Waals surface area contributed by atoms with Crippen molar-refractivity contribution in [2.75, 3.05) is 11.1 Å². The molecule has 1 aromatic rings. The van der Waals surface area contributed by atoms with Crippen molar-refractivity contribution in [3.8, 4) is 0 Å². The van der Waals surface area contributed by atoms with Crippen molar-refractivity contribution in [1.29, 1.82) is 0 Å². The zero-order chi connectivity index (χ0) is 12.4. The average Bonchev–Trinajstić information content (AvgIpc) is 2.56. The molecule has 3 N–H and O–H groups in total. The van der Waals surface area contributed by atoms with E-state index in [0.29, 0.717) is 6.04 Å². The fourth-order valence-electron chi connectivity index (χ4n) is 2.83. The van der Waals surface area contributed by atoms with Crippen LogP contribution in [0.25, 0.3) is 0 Å². The molecule has 2 rings (SSSR count). The number of hydrogen-bond acceptors (Lipinski definition) is 3. The number of nitrogens with two attached hydrogens (primary N) is 1. The molecule has 4 nitrogen and oxygen atoms in total. The molecule has 1 heterocycles. The Morgan fingerprint density at radius 3 is 2.82 bits per heavy atom. The summed E-state index contributed by atoms with van der Waals surface area (Å²) < 4.78 is 1.86. The van der Waals surface area contributed by atoms with Gasteiger partial charge in [-0.2, -0.15) is 5.10 Å². The van der Waals surface area contributed by atoms with Crippen molar-refractivity contribution >= 4 is 11.5 Å². The number of hydrogen-bond donors (Lipinski definition) is 2. The lowest BCUT2D eigenvalue weighted by atomic mass is 9.84. The lowest BCUT2D eigenvalue weighted by Crippen LogP contribution is -2.28. The fraction of sp³-hybridized carbons (Fsp3) is 0.769. The maximum Gasteiger partial charge on any atom is 0.147 e. The first kappa shape index (κ1) is 12.3. The van der Waals surface area contributed by atoms with Crippen molar-refractivity contribution in [3.05, 3.63) is 5.69 Å². The van der Waals surface area contributed by atoms with Gasteiger partial charge in [0.05, 0.1) is 11.4 Å². The van der Waals surface area contributed by atoms with E-state index in [2.05, 4.69) is 17.3 Å². The smallest absolute Gasteiger partial charge is 0.147 e. The fourth-order valence-corrected chi connectivity index (χ4v) is 2.83. The minimum atomic E-state index is 0.561. The van der Waals surface area contributed by atoms with Gasteiger partial charge in [0.2, 0.25) is 0 Å². The monoisotopic (exact) mass is 236 g/mol. The van der Waals surface area contributed by atoms with E-state index in [0.717, 1.165) is 23.1 Å². The van der Waals surface area contributed by atoms with E-state index < -0.39 is 0 Å². The SMILES string of the molecule is CCC1CCCC(Nc2c(N)c(C)nn2C)C1.